The minimum absolute atomic E-state index is 0.488. The van der Waals surface area contributed by atoms with E-state index in [1.54, 1.807) is 0 Å². The molecule has 0 saturated heterocycles. The van der Waals surface area contributed by atoms with Gasteiger partial charge in [0.15, 0.2) is 11.6 Å². The van der Waals surface area contributed by atoms with Crippen molar-refractivity contribution in [2.75, 3.05) is 22.5 Å². The van der Waals surface area contributed by atoms with E-state index < -0.39 is 0 Å². The van der Waals surface area contributed by atoms with E-state index in [2.05, 4.69) is 57.4 Å². The van der Waals surface area contributed by atoms with Crippen LogP contribution in [0.25, 0.3) is 10.8 Å². The van der Waals surface area contributed by atoms with E-state index in [0.29, 0.717) is 23.9 Å². The zero-order valence-electron chi connectivity index (χ0n) is 18.8. The van der Waals surface area contributed by atoms with Gasteiger partial charge in [-0.25, -0.2) is 9.97 Å². The van der Waals surface area contributed by atoms with Gasteiger partial charge in [0.1, 0.15) is 23.5 Å². The summed E-state index contributed by atoms with van der Waals surface area (Å²) in [5.74, 6) is 2.77. The highest BCUT2D eigenvalue weighted by atomic mass is 16.5. The number of benzene rings is 4. The number of rotatable bonds is 7. The third-order valence-electron chi connectivity index (χ3n) is 5.59. The van der Waals surface area contributed by atoms with E-state index in [-0.39, 0.29) is 0 Å². The van der Waals surface area contributed by atoms with Crippen LogP contribution in [0.4, 0.5) is 28.7 Å². The standard InChI is InChI=1S/C28H25N5O/c1-2-33(25-14-8-10-20-9-6-7-13-24(20)25)28-26(29)27(30-19-31-28)32-21-15-17-23(18-16-21)34-22-11-4-3-5-12-22/h3-19H,2,29H2,1H3,(H,30,31,32). The molecule has 6 heteroatoms. The molecule has 0 aliphatic rings. The van der Waals surface area contributed by atoms with Crippen molar-refractivity contribution in [1.82, 2.24) is 9.97 Å². The molecule has 0 saturated carbocycles. The minimum atomic E-state index is 0.488. The molecule has 5 aromatic rings. The van der Waals surface area contributed by atoms with Gasteiger partial charge >= 0.3 is 0 Å². The van der Waals surface area contributed by atoms with Crippen molar-refractivity contribution < 1.29 is 4.74 Å². The highest BCUT2D eigenvalue weighted by Crippen LogP contribution is 2.36. The predicted molar refractivity (Wildman–Crippen MR) is 139 cm³/mol. The van der Waals surface area contributed by atoms with Crippen LogP contribution in [0.15, 0.2) is 103 Å². The van der Waals surface area contributed by atoms with Gasteiger partial charge in [-0.1, -0.05) is 54.6 Å². The maximum Gasteiger partial charge on any atom is 0.161 e. The quantitative estimate of drug-likeness (QED) is 0.282. The van der Waals surface area contributed by atoms with Gasteiger partial charge in [-0.15, -0.1) is 0 Å². The van der Waals surface area contributed by atoms with Crippen LogP contribution in [0.2, 0.25) is 0 Å². The number of nitrogens with two attached hydrogens (primary N) is 1. The van der Waals surface area contributed by atoms with Crippen LogP contribution in [0.5, 0.6) is 11.5 Å². The number of aromatic nitrogens is 2. The Morgan fingerprint density at radius 3 is 2.29 bits per heavy atom. The summed E-state index contributed by atoms with van der Waals surface area (Å²) in [5, 5.41) is 5.63. The van der Waals surface area contributed by atoms with E-state index >= 15 is 0 Å². The van der Waals surface area contributed by atoms with Gasteiger partial charge in [0.25, 0.3) is 0 Å². The van der Waals surface area contributed by atoms with E-state index in [1.807, 2.05) is 66.7 Å². The molecule has 4 aromatic carbocycles. The van der Waals surface area contributed by atoms with Crippen LogP contribution in [0.1, 0.15) is 6.92 Å². The molecule has 0 radical (unpaired) electrons. The molecule has 5 rings (SSSR count). The molecular weight excluding hydrogens is 422 g/mol. The summed E-state index contributed by atoms with van der Waals surface area (Å²) in [7, 11) is 0. The molecule has 34 heavy (non-hydrogen) atoms. The number of nitrogens with one attached hydrogen (secondary N) is 1. The Bertz CT molecular complexity index is 1400. The molecule has 3 N–H and O–H groups in total. The van der Waals surface area contributed by atoms with E-state index in [1.165, 1.54) is 11.7 Å². The highest BCUT2D eigenvalue weighted by molar-refractivity contribution is 5.97. The van der Waals surface area contributed by atoms with Gasteiger partial charge in [-0.2, -0.15) is 0 Å². The van der Waals surface area contributed by atoms with Crippen molar-refractivity contribution in [2.24, 2.45) is 0 Å². The van der Waals surface area contributed by atoms with Crippen LogP contribution < -0.4 is 20.7 Å². The van der Waals surface area contributed by atoms with Crippen molar-refractivity contribution in [3.8, 4) is 11.5 Å². The van der Waals surface area contributed by atoms with Crippen LogP contribution >= 0.6 is 0 Å². The Morgan fingerprint density at radius 1 is 0.794 bits per heavy atom. The minimum Gasteiger partial charge on any atom is -0.457 e. The van der Waals surface area contributed by atoms with Gasteiger partial charge in [-0.05, 0) is 54.8 Å². The summed E-state index contributed by atoms with van der Waals surface area (Å²) in [5.41, 5.74) is 8.96. The zero-order valence-corrected chi connectivity index (χ0v) is 18.8. The normalized spacial score (nSPS) is 10.7. The Kier molecular flexibility index (Phi) is 5.95. The summed E-state index contributed by atoms with van der Waals surface area (Å²) in [6.07, 6.45) is 1.54. The average Bonchev–Trinajstić information content (AvgIpc) is 2.88. The summed E-state index contributed by atoms with van der Waals surface area (Å²) >= 11 is 0. The Hall–Kier alpha value is -4.58. The van der Waals surface area contributed by atoms with Crippen LogP contribution in [0, 0.1) is 0 Å². The number of hydrogen-bond acceptors (Lipinski definition) is 6. The second-order valence-electron chi connectivity index (χ2n) is 7.77. The summed E-state index contributed by atoms with van der Waals surface area (Å²) < 4.78 is 5.87. The van der Waals surface area contributed by atoms with Crippen molar-refractivity contribution >= 4 is 39.5 Å². The molecule has 0 amide bonds. The zero-order chi connectivity index (χ0) is 23.3. The Labute approximate surface area is 198 Å². The first-order chi connectivity index (χ1) is 16.7. The molecule has 0 unspecified atom stereocenters. The molecule has 0 spiro atoms. The van der Waals surface area contributed by atoms with E-state index in [4.69, 9.17) is 10.5 Å². The summed E-state index contributed by atoms with van der Waals surface area (Å²) in [4.78, 5) is 11.0. The number of nitrogens with zero attached hydrogens (tertiary/aromatic N) is 3. The fourth-order valence-corrected chi connectivity index (χ4v) is 3.95. The average molecular weight is 448 g/mol. The molecule has 0 bridgehead atoms. The molecule has 0 aliphatic heterocycles. The molecule has 1 aromatic heterocycles. The van der Waals surface area contributed by atoms with Gasteiger partial charge in [0.2, 0.25) is 0 Å². The maximum absolute atomic E-state index is 6.57. The fraction of sp³-hybridized carbons (Fsp3) is 0.0714. The topological polar surface area (TPSA) is 76.3 Å². The highest BCUT2D eigenvalue weighted by Gasteiger charge is 2.17. The van der Waals surface area contributed by atoms with Gasteiger partial charge in [-0.3, -0.25) is 0 Å². The third-order valence-corrected chi connectivity index (χ3v) is 5.59. The number of anilines is 5. The molecular formula is C28H25N5O. The maximum atomic E-state index is 6.57. The molecule has 1 heterocycles. The lowest BCUT2D eigenvalue weighted by Gasteiger charge is -2.25. The van der Waals surface area contributed by atoms with Crippen LogP contribution in [-0.4, -0.2) is 16.5 Å². The lowest BCUT2D eigenvalue weighted by Crippen LogP contribution is -2.20. The van der Waals surface area contributed by atoms with Gasteiger partial charge in [0, 0.05) is 17.6 Å². The van der Waals surface area contributed by atoms with Crippen LogP contribution in [-0.2, 0) is 0 Å². The second kappa shape index (κ2) is 9.50. The first kappa shape index (κ1) is 21.3. The first-order valence-corrected chi connectivity index (χ1v) is 11.2. The monoisotopic (exact) mass is 447 g/mol. The lowest BCUT2D eigenvalue weighted by atomic mass is 10.1. The van der Waals surface area contributed by atoms with Crippen LogP contribution in [0.3, 0.4) is 0 Å². The number of hydrogen-bond donors (Lipinski definition) is 2. The largest absolute Gasteiger partial charge is 0.457 e. The van der Waals surface area contributed by atoms with E-state index in [9.17, 15) is 0 Å². The molecule has 0 aliphatic carbocycles. The third kappa shape index (κ3) is 4.34. The molecule has 6 nitrogen and oxygen atoms in total. The van der Waals surface area contributed by atoms with Crippen molar-refractivity contribution in [3.05, 3.63) is 103 Å². The van der Waals surface area contributed by atoms with Crippen molar-refractivity contribution in [2.45, 2.75) is 6.92 Å². The number of para-hydroxylation sites is 1. The number of ether oxygens (including phenoxy) is 1. The SMILES string of the molecule is CCN(c1ncnc(Nc2ccc(Oc3ccccc3)cc2)c1N)c1cccc2ccccc12. The van der Waals surface area contributed by atoms with Crippen molar-refractivity contribution in [3.63, 3.8) is 0 Å². The van der Waals surface area contributed by atoms with Gasteiger partial charge in [0.05, 0.1) is 5.69 Å². The fourth-order valence-electron chi connectivity index (χ4n) is 3.95. The molecule has 0 atom stereocenters. The molecule has 168 valence electrons. The smallest absolute Gasteiger partial charge is 0.161 e. The first-order valence-electron chi connectivity index (χ1n) is 11.2. The summed E-state index contributed by atoms with van der Waals surface area (Å²) in [6.45, 7) is 2.79. The van der Waals surface area contributed by atoms with E-state index in [0.717, 1.165) is 28.3 Å². The van der Waals surface area contributed by atoms with Gasteiger partial charge < -0.3 is 20.7 Å². The Morgan fingerprint density at radius 2 is 1.50 bits per heavy atom. The number of fused-ring (bicyclic) bond motifs is 1. The Balaban J connectivity index is 1.41. The van der Waals surface area contributed by atoms with Crippen molar-refractivity contribution in [1.29, 1.82) is 0 Å². The predicted octanol–water partition coefficient (Wildman–Crippen LogP) is 6.91. The summed E-state index contributed by atoms with van der Waals surface area (Å²) in [6, 6.07) is 31.9. The molecule has 0 fully saturated rings. The number of nitrogen functional groups attached to an aromatic ring is 1. The lowest BCUT2D eigenvalue weighted by molar-refractivity contribution is 0.483. The second-order valence-corrected chi connectivity index (χ2v) is 7.77.